The molecule has 0 bridgehead atoms. The van der Waals surface area contributed by atoms with Crippen LogP contribution < -0.4 is 0 Å². The lowest BCUT2D eigenvalue weighted by Crippen LogP contribution is -2.41. The first-order chi connectivity index (χ1) is 10.5. The van der Waals surface area contributed by atoms with Crippen LogP contribution in [0.25, 0.3) is 0 Å². The van der Waals surface area contributed by atoms with Gasteiger partial charge in [0, 0.05) is 30.5 Å². The van der Waals surface area contributed by atoms with Gasteiger partial charge < -0.3 is 4.90 Å². The summed E-state index contributed by atoms with van der Waals surface area (Å²) in [6.45, 7) is 3.47. The Morgan fingerprint density at radius 3 is 2.32 bits per heavy atom. The molecule has 0 spiro atoms. The second-order valence-corrected chi connectivity index (χ2v) is 7.23. The zero-order valence-electron chi connectivity index (χ0n) is 12.5. The van der Waals surface area contributed by atoms with E-state index < -0.39 is 0 Å². The summed E-state index contributed by atoms with van der Waals surface area (Å²) < 4.78 is 0. The maximum Gasteiger partial charge on any atom is 0.225 e. The van der Waals surface area contributed by atoms with Crippen LogP contribution in [0.15, 0.2) is 18.2 Å². The molecule has 2 aliphatic rings. The molecule has 1 aliphatic carbocycles. The van der Waals surface area contributed by atoms with Crippen molar-refractivity contribution >= 4 is 34.9 Å². The van der Waals surface area contributed by atoms with E-state index in [1.165, 1.54) is 0 Å². The number of carbonyl (C=O) groups excluding carboxylic acids is 2. The molecule has 3 rings (SSSR count). The summed E-state index contributed by atoms with van der Waals surface area (Å²) in [5.41, 5.74) is 0.606. The first kappa shape index (κ1) is 15.8. The Hall–Kier alpha value is -1.06. The van der Waals surface area contributed by atoms with Gasteiger partial charge in [-0.3, -0.25) is 9.59 Å². The third-order valence-electron chi connectivity index (χ3n) is 4.81. The molecule has 2 fully saturated rings. The van der Waals surface area contributed by atoms with Crippen LogP contribution in [0.5, 0.6) is 0 Å². The molecule has 3 nitrogen and oxygen atoms in total. The van der Waals surface area contributed by atoms with E-state index in [1.807, 2.05) is 4.90 Å². The Balaban J connectivity index is 1.59. The number of carbonyl (C=O) groups is 2. The fourth-order valence-electron chi connectivity index (χ4n) is 3.15. The van der Waals surface area contributed by atoms with Gasteiger partial charge in [-0.1, -0.05) is 30.1 Å². The van der Waals surface area contributed by atoms with Gasteiger partial charge in [-0.25, -0.2) is 0 Å². The van der Waals surface area contributed by atoms with Crippen molar-refractivity contribution in [1.82, 2.24) is 4.90 Å². The van der Waals surface area contributed by atoms with E-state index in [-0.39, 0.29) is 23.5 Å². The first-order valence-corrected chi connectivity index (χ1v) is 8.51. The number of amides is 1. The number of benzene rings is 1. The van der Waals surface area contributed by atoms with E-state index in [9.17, 15) is 9.59 Å². The number of Topliss-reactive ketones (excluding diaryl/α,β-unsaturated/α-hetero) is 1. The Morgan fingerprint density at radius 1 is 1.14 bits per heavy atom. The van der Waals surface area contributed by atoms with Crippen molar-refractivity contribution in [2.24, 2.45) is 17.8 Å². The molecule has 1 aromatic carbocycles. The van der Waals surface area contributed by atoms with Crippen molar-refractivity contribution < 1.29 is 9.59 Å². The van der Waals surface area contributed by atoms with Crippen molar-refractivity contribution in [3.63, 3.8) is 0 Å². The van der Waals surface area contributed by atoms with E-state index in [2.05, 4.69) is 6.92 Å². The molecule has 22 heavy (non-hydrogen) atoms. The van der Waals surface area contributed by atoms with Crippen molar-refractivity contribution in [2.45, 2.75) is 26.2 Å². The van der Waals surface area contributed by atoms with Crippen LogP contribution in [0.4, 0.5) is 0 Å². The van der Waals surface area contributed by atoms with Crippen molar-refractivity contribution in [1.29, 1.82) is 0 Å². The average molecular weight is 340 g/mol. The molecule has 0 aromatic heterocycles. The standard InChI is InChI=1S/C17H19Cl2NO2/c1-10-8-13(10)17(22)20-6-4-11(5-7-20)16(21)12-2-3-14(18)15(19)9-12/h2-3,9-11,13H,4-8H2,1H3/t10-,13+/m1/s1. The summed E-state index contributed by atoms with van der Waals surface area (Å²) in [7, 11) is 0. The Labute approximate surface area is 140 Å². The highest BCUT2D eigenvalue weighted by atomic mass is 35.5. The molecular weight excluding hydrogens is 321 g/mol. The number of likely N-dealkylation sites (tertiary alicyclic amines) is 1. The van der Waals surface area contributed by atoms with Gasteiger partial charge in [0.2, 0.25) is 5.91 Å². The largest absolute Gasteiger partial charge is 0.342 e. The summed E-state index contributed by atoms with van der Waals surface area (Å²) in [6.07, 6.45) is 2.47. The summed E-state index contributed by atoms with van der Waals surface area (Å²) >= 11 is 11.9. The molecule has 118 valence electrons. The van der Waals surface area contributed by atoms with Crippen LogP contribution in [-0.4, -0.2) is 29.7 Å². The SMILES string of the molecule is C[C@@H]1C[C@@H]1C(=O)N1CCC(C(=O)c2ccc(Cl)c(Cl)c2)CC1. The summed E-state index contributed by atoms with van der Waals surface area (Å²) in [6, 6.07) is 5.01. The van der Waals surface area contributed by atoms with Gasteiger partial charge in [-0.05, 0) is 43.4 Å². The minimum absolute atomic E-state index is 0.0297. The van der Waals surface area contributed by atoms with E-state index in [0.717, 1.165) is 19.3 Å². The molecule has 2 atom stereocenters. The second-order valence-electron chi connectivity index (χ2n) is 6.41. The predicted molar refractivity (Wildman–Crippen MR) is 87.4 cm³/mol. The van der Waals surface area contributed by atoms with Gasteiger partial charge in [0.15, 0.2) is 5.78 Å². The molecule has 0 N–H and O–H groups in total. The summed E-state index contributed by atoms with van der Waals surface area (Å²) in [5.74, 6) is 1.10. The van der Waals surface area contributed by atoms with Crippen molar-refractivity contribution in [3.8, 4) is 0 Å². The van der Waals surface area contributed by atoms with E-state index >= 15 is 0 Å². The fraction of sp³-hybridized carbons (Fsp3) is 0.529. The van der Waals surface area contributed by atoms with Gasteiger partial charge in [-0.15, -0.1) is 0 Å². The van der Waals surface area contributed by atoms with E-state index in [0.29, 0.717) is 34.6 Å². The molecular formula is C17H19Cl2NO2. The number of rotatable bonds is 3. The molecule has 0 radical (unpaired) electrons. The summed E-state index contributed by atoms with van der Waals surface area (Å²) in [4.78, 5) is 26.7. The van der Waals surface area contributed by atoms with Crippen molar-refractivity contribution in [2.75, 3.05) is 13.1 Å². The highest BCUT2D eigenvalue weighted by Crippen LogP contribution is 2.40. The number of ketones is 1. The lowest BCUT2D eigenvalue weighted by atomic mass is 9.88. The zero-order valence-corrected chi connectivity index (χ0v) is 14.0. The monoisotopic (exact) mass is 339 g/mol. The summed E-state index contributed by atoms with van der Waals surface area (Å²) in [5, 5.41) is 0.861. The Bertz CT molecular complexity index is 609. The molecule has 0 unspecified atom stereocenters. The smallest absolute Gasteiger partial charge is 0.225 e. The molecule has 1 saturated heterocycles. The van der Waals surface area contributed by atoms with Crippen LogP contribution in [-0.2, 0) is 4.79 Å². The average Bonchev–Trinajstić information content (AvgIpc) is 3.25. The Kier molecular flexibility index (Phi) is 4.47. The molecule has 1 aliphatic heterocycles. The van der Waals surface area contributed by atoms with Gasteiger partial charge in [0.1, 0.15) is 0 Å². The van der Waals surface area contributed by atoms with Gasteiger partial charge >= 0.3 is 0 Å². The number of hydrogen-bond donors (Lipinski definition) is 0. The number of halogens is 2. The molecule has 5 heteroatoms. The first-order valence-electron chi connectivity index (χ1n) is 7.75. The van der Waals surface area contributed by atoms with Crippen LogP contribution in [0, 0.1) is 17.8 Å². The topological polar surface area (TPSA) is 37.4 Å². The van der Waals surface area contributed by atoms with Crippen LogP contribution in [0.3, 0.4) is 0 Å². The molecule has 1 aromatic rings. The normalized spacial score (nSPS) is 25.1. The third kappa shape index (κ3) is 3.16. The highest BCUT2D eigenvalue weighted by Gasteiger charge is 2.42. The fourth-order valence-corrected chi connectivity index (χ4v) is 3.45. The van der Waals surface area contributed by atoms with Crippen LogP contribution in [0.1, 0.15) is 36.5 Å². The van der Waals surface area contributed by atoms with Crippen molar-refractivity contribution in [3.05, 3.63) is 33.8 Å². The maximum absolute atomic E-state index is 12.5. The molecule has 1 saturated carbocycles. The zero-order chi connectivity index (χ0) is 15.9. The van der Waals surface area contributed by atoms with Gasteiger partial charge in [-0.2, -0.15) is 0 Å². The molecule has 1 heterocycles. The minimum atomic E-state index is -0.0297. The quantitative estimate of drug-likeness (QED) is 0.778. The highest BCUT2D eigenvalue weighted by molar-refractivity contribution is 6.42. The lowest BCUT2D eigenvalue weighted by Gasteiger charge is -2.31. The predicted octanol–water partition coefficient (Wildman–Crippen LogP) is 4.07. The third-order valence-corrected chi connectivity index (χ3v) is 5.55. The van der Waals surface area contributed by atoms with Crippen LogP contribution in [0.2, 0.25) is 10.0 Å². The van der Waals surface area contributed by atoms with Crippen LogP contribution >= 0.6 is 23.2 Å². The van der Waals surface area contributed by atoms with Gasteiger partial charge in [0.05, 0.1) is 10.0 Å². The Morgan fingerprint density at radius 2 is 1.77 bits per heavy atom. The van der Waals surface area contributed by atoms with Gasteiger partial charge in [0.25, 0.3) is 0 Å². The number of nitrogens with zero attached hydrogens (tertiary/aromatic N) is 1. The number of piperidine rings is 1. The molecule has 1 amide bonds. The van der Waals surface area contributed by atoms with E-state index in [4.69, 9.17) is 23.2 Å². The maximum atomic E-state index is 12.5. The minimum Gasteiger partial charge on any atom is -0.342 e. The lowest BCUT2D eigenvalue weighted by molar-refractivity contribution is -0.134. The number of hydrogen-bond acceptors (Lipinski definition) is 2. The second kappa shape index (κ2) is 6.21. The van der Waals surface area contributed by atoms with E-state index in [1.54, 1.807) is 18.2 Å².